The van der Waals surface area contributed by atoms with E-state index in [2.05, 4.69) is 60.3 Å². The van der Waals surface area contributed by atoms with Crippen LogP contribution >= 0.6 is 0 Å². The molecule has 0 radical (unpaired) electrons. The van der Waals surface area contributed by atoms with Crippen molar-refractivity contribution < 1.29 is 0 Å². The summed E-state index contributed by atoms with van der Waals surface area (Å²) in [6.07, 6.45) is 8.01. The largest absolute Gasteiger partial charge is 0.383 e. The molecule has 0 bridgehead atoms. The van der Waals surface area contributed by atoms with Crippen molar-refractivity contribution in [2.24, 2.45) is 5.73 Å². The van der Waals surface area contributed by atoms with Gasteiger partial charge in [-0.2, -0.15) is 0 Å². The van der Waals surface area contributed by atoms with Crippen LogP contribution in [0.4, 0.5) is 11.8 Å². The second kappa shape index (κ2) is 7.59. The Balaban J connectivity index is 1.73. The van der Waals surface area contributed by atoms with Crippen molar-refractivity contribution in [1.82, 2.24) is 15.0 Å². The van der Waals surface area contributed by atoms with Gasteiger partial charge in [0.2, 0.25) is 5.95 Å². The average Bonchev–Trinajstić information content (AvgIpc) is 2.69. The third kappa shape index (κ3) is 4.03. The van der Waals surface area contributed by atoms with Gasteiger partial charge in [0, 0.05) is 30.0 Å². The van der Waals surface area contributed by atoms with Gasteiger partial charge in [0.1, 0.15) is 5.82 Å². The van der Waals surface area contributed by atoms with Crippen molar-refractivity contribution in [2.75, 3.05) is 11.1 Å². The van der Waals surface area contributed by atoms with E-state index >= 15 is 0 Å². The van der Waals surface area contributed by atoms with E-state index in [1.54, 1.807) is 12.4 Å². The summed E-state index contributed by atoms with van der Waals surface area (Å²) in [5.74, 6) is 1.04. The van der Waals surface area contributed by atoms with Gasteiger partial charge in [-0.1, -0.05) is 57.9 Å². The van der Waals surface area contributed by atoms with Gasteiger partial charge in [-0.25, -0.2) is 15.0 Å². The molecule has 1 aliphatic carbocycles. The van der Waals surface area contributed by atoms with Crippen molar-refractivity contribution >= 4 is 22.7 Å². The van der Waals surface area contributed by atoms with Crippen LogP contribution in [0.2, 0.25) is 0 Å². The van der Waals surface area contributed by atoms with E-state index in [0.717, 1.165) is 34.9 Å². The number of pyridine rings is 1. The molecule has 1 aromatic carbocycles. The molecule has 5 N–H and O–H groups in total. The molecule has 0 saturated heterocycles. The molecule has 3 aromatic rings. The fraction of sp³-hybridized carbons (Fsp3) is 0.435. The fourth-order valence-corrected chi connectivity index (χ4v) is 3.97. The lowest BCUT2D eigenvalue weighted by Gasteiger charge is -2.29. The van der Waals surface area contributed by atoms with Crippen LogP contribution in [0.15, 0.2) is 36.7 Å². The molecule has 6 nitrogen and oxygen atoms in total. The number of rotatable bonds is 3. The third-order valence-corrected chi connectivity index (χ3v) is 5.85. The van der Waals surface area contributed by atoms with Crippen molar-refractivity contribution in [3.63, 3.8) is 0 Å². The van der Waals surface area contributed by atoms with E-state index in [1.165, 1.54) is 18.4 Å². The molecular formula is C23H30N6. The van der Waals surface area contributed by atoms with Crippen LogP contribution in [0.1, 0.15) is 52.0 Å². The van der Waals surface area contributed by atoms with E-state index in [1.807, 2.05) is 0 Å². The first-order valence-corrected chi connectivity index (χ1v) is 10.4. The highest BCUT2D eigenvalue weighted by molar-refractivity contribution is 5.98. The number of anilines is 2. The summed E-state index contributed by atoms with van der Waals surface area (Å²) in [4.78, 5) is 13.7. The number of nitrogen functional groups attached to an aromatic ring is 1. The van der Waals surface area contributed by atoms with Crippen LogP contribution in [-0.4, -0.2) is 27.0 Å². The fourth-order valence-electron chi connectivity index (χ4n) is 3.97. The zero-order valence-electron chi connectivity index (χ0n) is 17.4. The summed E-state index contributed by atoms with van der Waals surface area (Å²) in [6.45, 7) is 6.63. The molecule has 0 amide bonds. The highest BCUT2D eigenvalue weighted by atomic mass is 15.1. The van der Waals surface area contributed by atoms with E-state index in [-0.39, 0.29) is 17.5 Å². The predicted molar refractivity (Wildman–Crippen MR) is 120 cm³/mol. The smallest absolute Gasteiger partial charge is 0.223 e. The maximum atomic E-state index is 6.29. The van der Waals surface area contributed by atoms with Gasteiger partial charge >= 0.3 is 0 Å². The Bertz CT molecular complexity index is 1010. The lowest BCUT2D eigenvalue weighted by molar-refractivity contribution is 0.402. The van der Waals surface area contributed by atoms with Gasteiger partial charge in [0.05, 0.1) is 10.9 Å². The Morgan fingerprint density at radius 1 is 1.00 bits per heavy atom. The summed E-state index contributed by atoms with van der Waals surface area (Å²) in [5.41, 5.74) is 16.6. The number of hydrogen-bond donors (Lipinski definition) is 3. The van der Waals surface area contributed by atoms with E-state index in [9.17, 15) is 0 Å². The molecule has 0 aliphatic heterocycles. The Morgan fingerprint density at radius 2 is 1.72 bits per heavy atom. The van der Waals surface area contributed by atoms with Gasteiger partial charge in [-0.15, -0.1) is 0 Å². The second-order valence-corrected chi connectivity index (χ2v) is 9.04. The Labute approximate surface area is 172 Å². The average molecular weight is 391 g/mol. The van der Waals surface area contributed by atoms with Gasteiger partial charge in [0.25, 0.3) is 0 Å². The highest BCUT2D eigenvalue weighted by Crippen LogP contribution is 2.32. The molecule has 152 valence electrons. The molecular weight excluding hydrogens is 360 g/mol. The van der Waals surface area contributed by atoms with Crippen LogP contribution in [0.25, 0.3) is 22.0 Å². The Hall–Kier alpha value is -2.73. The minimum atomic E-state index is 0.109. The highest BCUT2D eigenvalue weighted by Gasteiger charge is 2.23. The second-order valence-electron chi connectivity index (χ2n) is 9.04. The Morgan fingerprint density at radius 3 is 2.41 bits per heavy atom. The molecule has 29 heavy (non-hydrogen) atoms. The lowest BCUT2D eigenvalue weighted by Crippen LogP contribution is -2.42. The van der Waals surface area contributed by atoms with Crippen molar-refractivity contribution in [3.8, 4) is 11.1 Å². The number of nitrogens with two attached hydrogens (primary N) is 2. The molecule has 1 aliphatic rings. The van der Waals surface area contributed by atoms with E-state index in [0.29, 0.717) is 11.8 Å². The van der Waals surface area contributed by atoms with E-state index < -0.39 is 0 Å². The molecule has 0 spiro atoms. The molecule has 2 heterocycles. The number of fused-ring (bicyclic) bond motifs is 1. The molecule has 0 unspecified atom stereocenters. The topological polar surface area (TPSA) is 103 Å². The maximum absolute atomic E-state index is 6.29. The van der Waals surface area contributed by atoms with Crippen molar-refractivity contribution in [2.45, 2.75) is 64.0 Å². The maximum Gasteiger partial charge on any atom is 0.223 e. The molecule has 1 fully saturated rings. The first-order chi connectivity index (χ1) is 13.8. The lowest BCUT2D eigenvalue weighted by atomic mass is 9.86. The molecule has 2 aromatic heterocycles. The van der Waals surface area contributed by atoms with Crippen molar-refractivity contribution in [3.05, 3.63) is 42.2 Å². The molecule has 2 atom stereocenters. The molecule has 4 rings (SSSR count). The summed E-state index contributed by atoms with van der Waals surface area (Å²) in [7, 11) is 0. The number of hydrogen-bond acceptors (Lipinski definition) is 6. The Kier molecular flexibility index (Phi) is 5.13. The zero-order valence-corrected chi connectivity index (χ0v) is 17.4. The van der Waals surface area contributed by atoms with E-state index in [4.69, 9.17) is 16.5 Å². The van der Waals surface area contributed by atoms with Crippen LogP contribution < -0.4 is 16.8 Å². The van der Waals surface area contributed by atoms with Crippen LogP contribution in [0, 0.1) is 0 Å². The number of nitrogens with zero attached hydrogens (tertiary/aromatic N) is 3. The summed E-state index contributed by atoms with van der Waals surface area (Å²) < 4.78 is 0. The van der Waals surface area contributed by atoms with Crippen molar-refractivity contribution in [1.29, 1.82) is 0 Å². The quantitative estimate of drug-likeness (QED) is 0.618. The SMILES string of the molecule is CC(C)(C)c1ccc(-c2cnc(N)c3cnc(N[C@H]4CCCC[C@H]4N)nc23)cc1. The number of aromatic nitrogens is 3. The third-order valence-electron chi connectivity index (χ3n) is 5.85. The zero-order chi connectivity index (χ0) is 20.6. The van der Waals surface area contributed by atoms with Gasteiger partial charge in [0.15, 0.2) is 0 Å². The number of benzene rings is 1. The van der Waals surface area contributed by atoms with Gasteiger partial charge in [-0.3, -0.25) is 0 Å². The molecule has 6 heteroatoms. The minimum absolute atomic E-state index is 0.109. The molecule has 1 saturated carbocycles. The standard InChI is InChI=1S/C23H30N6/c1-23(2,3)15-10-8-14(9-11-15)16-12-26-21(25)17-13-27-22(29-20(16)17)28-19-7-5-4-6-18(19)24/h8-13,18-19H,4-7,24H2,1-3H3,(H2,25,26)(H,27,28,29)/t18-,19+/m1/s1. The summed E-state index contributed by atoms with van der Waals surface area (Å²) >= 11 is 0. The minimum Gasteiger partial charge on any atom is -0.383 e. The number of nitrogens with one attached hydrogen (secondary N) is 1. The first kappa shape index (κ1) is 19.6. The normalized spacial score (nSPS) is 20.0. The summed E-state index contributed by atoms with van der Waals surface area (Å²) in [6, 6.07) is 8.92. The van der Waals surface area contributed by atoms with Gasteiger partial charge < -0.3 is 16.8 Å². The first-order valence-electron chi connectivity index (χ1n) is 10.4. The monoisotopic (exact) mass is 390 g/mol. The van der Waals surface area contributed by atoms with Crippen LogP contribution in [0.5, 0.6) is 0 Å². The van der Waals surface area contributed by atoms with Gasteiger partial charge in [-0.05, 0) is 29.4 Å². The summed E-state index contributed by atoms with van der Waals surface area (Å²) in [5, 5.41) is 4.21. The van der Waals surface area contributed by atoms with Crippen LogP contribution in [0.3, 0.4) is 0 Å². The predicted octanol–water partition coefficient (Wildman–Crippen LogP) is 4.25. The van der Waals surface area contributed by atoms with Crippen LogP contribution in [-0.2, 0) is 5.41 Å².